The highest BCUT2D eigenvalue weighted by Crippen LogP contribution is 2.29. The first-order valence-electron chi connectivity index (χ1n) is 6.68. The summed E-state index contributed by atoms with van der Waals surface area (Å²) in [5.41, 5.74) is 6.13. The standard InChI is InChI=1S/C14H28N2O/c1-13(2,3)8-6-12(17)16-9-7-11(15)10-14(16,4)5/h11H,6-10,15H2,1-5H3. The van der Waals surface area contributed by atoms with E-state index in [-0.39, 0.29) is 22.9 Å². The second-order valence-corrected chi connectivity index (χ2v) is 7.17. The van der Waals surface area contributed by atoms with Crippen molar-refractivity contribution in [3.05, 3.63) is 0 Å². The van der Waals surface area contributed by atoms with Gasteiger partial charge in [-0.2, -0.15) is 0 Å². The van der Waals surface area contributed by atoms with Crippen LogP contribution in [0.4, 0.5) is 0 Å². The molecule has 1 amide bonds. The predicted molar refractivity (Wildman–Crippen MR) is 71.7 cm³/mol. The van der Waals surface area contributed by atoms with Crippen LogP contribution in [0.5, 0.6) is 0 Å². The fourth-order valence-corrected chi connectivity index (χ4v) is 2.53. The van der Waals surface area contributed by atoms with Crippen LogP contribution in [0.15, 0.2) is 0 Å². The first kappa shape index (κ1) is 14.5. The molecule has 17 heavy (non-hydrogen) atoms. The first-order chi connectivity index (χ1) is 7.62. The Bertz CT molecular complexity index is 278. The summed E-state index contributed by atoms with van der Waals surface area (Å²) in [5.74, 6) is 0.289. The van der Waals surface area contributed by atoms with Crippen molar-refractivity contribution in [2.45, 2.75) is 71.9 Å². The van der Waals surface area contributed by atoms with Gasteiger partial charge in [0.15, 0.2) is 0 Å². The Balaban J connectivity index is 2.57. The Morgan fingerprint density at radius 2 is 2.00 bits per heavy atom. The van der Waals surface area contributed by atoms with Gasteiger partial charge in [-0.05, 0) is 38.5 Å². The number of carbonyl (C=O) groups excluding carboxylic acids is 1. The Kier molecular flexibility index (Phi) is 4.23. The number of likely N-dealkylation sites (tertiary alicyclic amines) is 1. The van der Waals surface area contributed by atoms with Gasteiger partial charge in [0, 0.05) is 24.5 Å². The third-order valence-electron chi connectivity index (χ3n) is 3.61. The van der Waals surface area contributed by atoms with Crippen molar-refractivity contribution >= 4 is 5.91 Å². The zero-order valence-corrected chi connectivity index (χ0v) is 12.0. The van der Waals surface area contributed by atoms with Gasteiger partial charge in [0.25, 0.3) is 0 Å². The molecule has 1 saturated heterocycles. The number of nitrogens with zero attached hydrogens (tertiary/aromatic N) is 1. The van der Waals surface area contributed by atoms with Crippen LogP contribution in [0, 0.1) is 5.41 Å². The van der Waals surface area contributed by atoms with Crippen LogP contribution < -0.4 is 5.73 Å². The van der Waals surface area contributed by atoms with Gasteiger partial charge in [-0.3, -0.25) is 4.79 Å². The van der Waals surface area contributed by atoms with Crippen LogP contribution in [-0.2, 0) is 4.79 Å². The number of hydrogen-bond acceptors (Lipinski definition) is 2. The lowest BCUT2D eigenvalue weighted by Gasteiger charge is -2.45. The van der Waals surface area contributed by atoms with E-state index in [1.807, 2.05) is 4.90 Å². The molecule has 3 heteroatoms. The van der Waals surface area contributed by atoms with Gasteiger partial charge < -0.3 is 10.6 Å². The summed E-state index contributed by atoms with van der Waals surface area (Å²) < 4.78 is 0. The van der Waals surface area contributed by atoms with E-state index in [9.17, 15) is 4.79 Å². The fourth-order valence-electron chi connectivity index (χ4n) is 2.53. The van der Waals surface area contributed by atoms with E-state index in [0.29, 0.717) is 6.42 Å². The largest absolute Gasteiger partial charge is 0.337 e. The molecule has 0 spiro atoms. The molecular formula is C14H28N2O. The minimum absolute atomic E-state index is 0.0768. The maximum Gasteiger partial charge on any atom is 0.223 e. The van der Waals surface area contributed by atoms with Gasteiger partial charge in [-0.15, -0.1) is 0 Å². The van der Waals surface area contributed by atoms with Crippen molar-refractivity contribution in [1.29, 1.82) is 0 Å². The lowest BCUT2D eigenvalue weighted by atomic mass is 9.85. The number of piperidine rings is 1. The molecule has 1 aliphatic heterocycles. The van der Waals surface area contributed by atoms with Crippen LogP contribution in [-0.4, -0.2) is 28.9 Å². The Morgan fingerprint density at radius 1 is 1.41 bits per heavy atom. The minimum atomic E-state index is -0.0768. The molecule has 0 bridgehead atoms. The van der Waals surface area contributed by atoms with E-state index in [1.54, 1.807) is 0 Å². The Morgan fingerprint density at radius 3 is 2.47 bits per heavy atom. The SMILES string of the molecule is CC(C)(C)CCC(=O)N1CCC(N)CC1(C)C. The molecule has 0 radical (unpaired) electrons. The number of amides is 1. The third kappa shape index (κ3) is 4.30. The molecule has 0 aromatic rings. The molecule has 0 aromatic carbocycles. The highest BCUT2D eigenvalue weighted by Gasteiger charge is 2.36. The molecule has 1 fully saturated rings. The van der Waals surface area contributed by atoms with Gasteiger partial charge in [-0.1, -0.05) is 20.8 Å². The summed E-state index contributed by atoms with van der Waals surface area (Å²) in [6, 6.07) is 0.247. The lowest BCUT2D eigenvalue weighted by Crippen LogP contribution is -2.55. The second-order valence-electron chi connectivity index (χ2n) is 7.17. The average Bonchev–Trinajstić information content (AvgIpc) is 2.11. The van der Waals surface area contributed by atoms with Crippen LogP contribution in [0.3, 0.4) is 0 Å². The molecule has 1 unspecified atom stereocenters. The average molecular weight is 240 g/mol. The number of nitrogens with two attached hydrogens (primary N) is 1. The summed E-state index contributed by atoms with van der Waals surface area (Å²) in [6.45, 7) is 11.6. The molecule has 0 aliphatic carbocycles. The topological polar surface area (TPSA) is 46.3 Å². The monoisotopic (exact) mass is 240 g/mol. The van der Waals surface area contributed by atoms with Gasteiger partial charge in [-0.25, -0.2) is 0 Å². The molecule has 3 nitrogen and oxygen atoms in total. The van der Waals surface area contributed by atoms with E-state index in [4.69, 9.17) is 5.73 Å². The van der Waals surface area contributed by atoms with E-state index in [1.165, 1.54) is 0 Å². The van der Waals surface area contributed by atoms with Gasteiger partial charge in [0.1, 0.15) is 0 Å². The van der Waals surface area contributed by atoms with E-state index in [2.05, 4.69) is 34.6 Å². The van der Waals surface area contributed by atoms with Crippen LogP contribution in [0.25, 0.3) is 0 Å². The van der Waals surface area contributed by atoms with Gasteiger partial charge in [0.05, 0.1) is 0 Å². The van der Waals surface area contributed by atoms with Crippen molar-refractivity contribution in [2.75, 3.05) is 6.54 Å². The van der Waals surface area contributed by atoms with Gasteiger partial charge >= 0.3 is 0 Å². The normalized spacial score (nSPS) is 24.8. The molecule has 2 N–H and O–H groups in total. The molecule has 1 heterocycles. The zero-order valence-electron chi connectivity index (χ0n) is 12.0. The van der Waals surface area contributed by atoms with E-state index in [0.717, 1.165) is 25.8 Å². The molecule has 0 aromatic heterocycles. The smallest absolute Gasteiger partial charge is 0.223 e. The molecular weight excluding hydrogens is 212 g/mol. The summed E-state index contributed by atoms with van der Waals surface area (Å²) in [4.78, 5) is 14.3. The van der Waals surface area contributed by atoms with Crippen LogP contribution in [0.2, 0.25) is 0 Å². The Labute approximate surface area is 106 Å². The van der Waals surface area contributed by atoms with Crippen LogP contribution >= 0.6 is 0 Å². The quantitative estimate of drug-likeness (QED) is 0.806. The summed E-state index contributed by atoms with van der Waals surface area (Å²) in [7, 11) is 0. The zero-order chi connectivity index (χ0) is 13.3. The number of rotatable bonds is 2. The molecule has 0 saturated carbocycles. The first-order valence-corrected chi connectivity index (χ1v) is 6.68. The number of hydrogen-bond donors (Lipinski definition) is 1. The van der Waals surface area contributed by atoms with Crippen LogP contribution in [0.1, 0.15) is 60.3 Å². The highest BCUT2D eigenvalue weighted by atomic mass is 16.2. The van der Waals surface area contributed by atoms with Crippen molar-refractivity contribution < 1.29 is 4.79 Å². The summed E-state index contributed by atoms with van der Waals surface area (Å²) in [6.07, 6.45) is 3.45. The maximum atomic E-state index is 12.3. The highest BCUT2D eigenvalue weighted by molar-refractivity contribution is 5.77. The minimum Gasteiger partial charge on any atom is -0.337 e. The van der Waals surface area contributed by atoms with E-state index >= 15 is 0 Å². The number of carbonyl (C=O) groups is 1. The van der Waals surface area contributed by atoms with Crippen molar-refractivity contribution in [2.24, 2.45) is 11.1 Å². The predicted octanol–water partition coefficient (Wildman–Crippen LogP) is 2.54. The van der Waals surface area contributed by atoms with Crippen molar-refractivity contribution in [3.63, 3.8) is 0 Å². The second kappa shape index (κ2) is 4.97. The third-order valence-corrected chi connectivity index (χ3v) is 3.61. The fraction of sp³-hybridized carbons (Fsp3) is 0.929. The van der Waals surface area contributed by atoms with Crippen molar-refractivity contribution in [1.82, 2.24) is 4.90 Å². The molecule has 1 rings (SSSR count). The van der Waals surface area contributed by atoms with Gasteiger partial charge in [0.2, 0.25) is 5.91 Å². The summed E-state index contributed by atoms with van der Waals surface area (Å²) in [5, 5.41) is 0. The molecule has 1 aliphatic rings. The molecule has 100 valence electrons. The Hall–Kier alpha value is -0.570. The molecule has 1 atom stereocenters. The van der Waals surface area contributed by atoms with E-state index < -0.39 is 0 Å². The van der Waals surface area contributed by atoms with Crippen molar-refractivity contribution in [3.8, 4) is 0 Å². The lowest BCUT2D eigenvalue weighted by molar-refractivity contribution is -0.139. The summed E-state index contributed by atoms with van der Waals surface area (Å²) >= 11 is 0. The maximum absolute atomic E-state index is 12.3.